The predicted octanol–water partition coefficient (Wildman–Crippen LogP) is 3.91. The molecule has 4 nitrogen and oxygen atoms in total. The van der Waals surface area contributed by atoms with Gasteiger partial charge in [0.15, 0.2) is 11.6 Å². The first kappa shape index (κ1) is 15.8. The van der Waals surface area contributed by atoms with Gasteiger partial charge in [0.2, 0.25) is 0 Å². The van der Waals surface area contributed by atoms with Crippen LogP contribution in [0.1, 0.15) is 31.9 Å². The molecule has 0 fully saturated rings. The lowest BCUT2D eigenvalue weighted by molar-refractivity contribution is 0.591. The number of hydrogen-bond acceptors (Lipinski definition) is 4. The van der Waals surface area contributed by atoms with Crippen LogP contribution in [0.25, 0.3) is 0 Å². The molecule has 1 aromatic carbocycles. The van der Waals surface area contributed by atoms with Gasteiger partial charge in [-0.05, 0) is 32.4 Å². The molecule has 0 aliphatic carbocycles. The average Bonchev–Trinajstić information content (AvgIpc) is 2.47. The first-order valence-electron chi connectivity index (χ1n) is 7.05. The fraction of sp³-hybridized carbons (Fsp3) is 0.294. The predicted molar refractivity (Wildman–Crippen MR) is 86.1 cm³/mol. The van der Waals surface area contributed by atoms with Crippen LogP contribution in [0.5, 0.6) is 0 Å². The summed E-state index contributed by atoms with van der Waals surface area (Å²) in [6, 6.07) is 12.9. The van der Waals surface area contributed by atoms with Crippen molar-refractivity contribution in [2.24, 2.45) is 0 Å². The van der Waals surface area contributed by atoms with Crippen LogP contribution >= 0.6 is 0 Å². The van der Waals surface area contributed by atoms with E-state index in [2.05, 4.69) is 15.6 Å². The lowest BCUT2D eigenvalue weighted by Crippen LogP contribution is -2.27. The van der Waals surface area contributed by atoms with Gasteiger partial charge in [0.1, 0.15) is 11.9 Å². The van der Waals surface area contributed by atoms with E-state index in [-0.39, 0.29) is 16.9 Å². The second-order valence-corrected chi connectivity index (χ2v) is 6.04. The smallest absolute Gasteiger partial charge is 0.166 e. The molecule has 114 valence electrons. The average molecular weight is 298 g/mol. The Morgan fingerprint density at radius 1 is 1.18 bits per heavy atom. The van der Waals surface area contributed by atoms with Crippen molar-refractivity contribution in [1.82, 2.24) is 4.98 Å². The molecule has 1 aromatic heterocycles. The first-order chi connectivity index (χ1) is 10.4. The standard InChI is InChI=1S/C17H19FN4/c1-17(2,3)22-16-14(18)9-13(10-19)15(21-16)20-11-12-7-5-4-6-8-12/h4-9H,11H2,1-3H3,(H2,20,21,22). The van der Waals surface area contributed by atoms with Gasteiger partial charge in [-0.25, -0.2) is 9.37 Å². The number of nitriles is 1. The second-order valence-electron chi connectivity index (χ2n) is 6.04. The SMILES string of the molecule is CC(C)(C)Nc1nc(NCc2ccccc2)c(C#N)cc1F. The summed E-state index contributed by atoms with van der Waals surface area (Å²) in [7, 11) is 0. The van der Waals surface area contributed by atoms with Crippen molar-refractivity contribution in [3.63, 3.8) is 0 Å². The van der Waals surface area contributed by atoms with Crippen LogP contribution in [0.3, 0.4) is 0 Å². The Morgan fingerprint density at radius 3 is 2.45 bits per heavy atom. The summed E-state index contributed by atoms with van der Waals surface area (Å²) in [6.07, 6.45) is 0. The molecule has 0 saturated carbocycles. The number of nitrogens with zero attached hydrogens (tertiary/aromatic N) is 2. The molecule has 5 heteroatoms. The molecule has 0 amide bonds. The molecule has 2 rings (SSSR count). The summed E-state index contributed by atoms with van der Waals surface area (Å²) >= 11 is 0. The highest BCUT2D eigenvalue weighted by atomic mass is 19.1. The van der Waals surface area contributed by atoms with E-state index in [4.69, 9.17) is 5.26 Å². The van der Waals surface area contributed by atoms with Gasteiger partial charge in [0.05, 0.1) is 5.56 Å². The van der Waals surface area contributed by atoms with E-state index in [1.165, 1.54) is 6.07 Å². The zero-order valence-corrected chi connectivity index (χ0v) is 12.9. The topological polar surface area (TPSA) is 60.7 Å². The van der Waals surface area contributed by atoms with Gasteiger partial charge in [0.25, 0.3) is 0 Å². The molecule has 0 radical (unpaired) electrons. The van der Waals surface area contributed by atoms with Crippen LogP contribution in [-0.2, 0) is 6.54 Å². The number of pyridine rings is 1. The number of benzene rings is 1. The molecule has 0 aliphatic rings. The maximum Gasteiger partial charge on any atom is 0.166 e. The van der Waals surface area contributed by atoms with Crippen molar-refractivity contribution in [2.45, 2.75) is 32.9 Å². The second kappa shape index (κ2) is 6.44. The highest BCUT2D eigenvalue weighted by Gasteiger charge is 2.17. The quantitative estimate of drug-likeness (QED) is 0.898. The molecule has 0 saturated heterocycles. The van der Waals surface area contributed by atoms with Gasteiger partial charge >= 0.3 is 0 Å². The summed E-state index contributed by atoms with van der Waals surface area (Å²) in [6.45, 7) is 6.28. The van der Waals surface area contributed by atoms with Crippen LogP contribution in [0, 0.1) is 17.1 Å². The van der Waals surface area contributed by atoms with Crippen LogP contribution < -0.4 is 10.6 Å². The number of anilines is 2. The largest absolute Gasteiger partial charge is 0.365 e. The summed E-state index contributed by atoms with van der Waals surface area (Å²) < 4.78 is 14.0. The molecule has 2 aromatic rings. The highest BCUT2D eigenvalue weighted by molar-refractivity contribution is 5.58. The minimum absolute atomic E-state index is 0.141. The van der Waals surface area contributed by atoms with Crippen molar-refractivity contribution in [3.05, 3.63) is 53.3 Å². The number of aromatic nitrogens is 1. The van der Waals surface area contributed by atoms with Gasteiger partial charge in [-0.15, -0.1) is 0 Å². The van der Waals surface area contributed by atoms with Crippen LogP contribution in [-0.4, -0.2) is 10.5 Å². The third kappa shape index (κ3) is 4.19. The molecular weight excluding hydrogens is 279 g/mol. The molecule has 0 spiro atoms. The van der Waals surface area contributed by atoms with Gasteiger partial charge in [-0.2, -0.15) is 5.26 Å². The Hall–Kier alpha value is -2.61. The summed E-state index contributed by atoms with van der Waals surface area (Å²) in [5.41, 5.74) is 0.925. The Balaban J connectivity index is 2.25. The Labute approximate surface area is 130 Å². The van der Waals surface area contributed by atoms with E-state index in [1.807, 2.05) is 57.2 Å². The van der Waals surface area contributed by atoms with Gasteiger partial charge < -0.3 is 10.6 Å². The van der Waals surface area contributed by atoms with Crippen molar-refractivity contribution in [1.29, 1.82) is 5.26 Å². The summed E-state index contributed by atoms with van der Waals surface area (Å²) in [4.78, 5) is 4.22. The fourth-order valence-electron chi connectivity index (χ4n) is 1.93. The molecule has 0 unspecified atom stereocenters. The lowest BCUT2D eigenvalue weighted by atomic mass is 10.1. The maximum atomic E-state index is 14.0. The molecule has 2 N–H and O–H groups in total. The van der Waals surface area contributed by atoms with Crippen molar-refractivity contribution >= 4 is 11.6 Å². The lowest BCUT2D eigenvalue weighted by Gasteiger charge is -2.22. The number of hydrogen-bond donors (Lipinski definition) is 2. The van der Waals surface area contributed by atoms with Crippen LogP contribution in [0.15, 0.2) is 36.4 Å². The Morgan fingerprint density at radius 2 is 1.86 bits per heavy atom. The van der Waals surface area contributed by atoms with E-state index in [9.17, 15) is 4.39 Å². The number of nitrogens with one attached hydrogen (secondary N) is 2. The molecule has 0 bridgehead atoms. The zero-order valence-electron chi connectivity index (χ0n) is 12.9. The fourth-order valence-corrected chi connectivity index (χ4v) is 1.93. The van der Waals surface area contributed by atoms with Crippen LogP contribution in [0.4, 0.5) is 16.0 Å². The van der Waals surface area contributed by atoms with Gasteiger partial charge in [-0.3, -0.25) is 0 Å². The number of halogens is 1. The highest BCUT2D eigenvalue weighted by Crippen LogP contribution is 2.22. The zero-order chi connectivity index (χ0) is 16.2. The third-order valence-electron chi connectivity index (χ3n) is 2.89. The van der Waals surface area contributed by atoms with E-state index in [0.29, 0.717) is 12.4 Å². The van der Waals surface area contributed by atoms with E-state index < -0.39 is 5.82 Å². The van der Waals surface area contributed by atoms with Crippen molar-refractivity contribution < 1.29 is 4.39 Å². The van der Waals surface area contributed by atoms with Crippen molar-refractivity contribution in [3.8, 4) is 6.07 Å². The van der Waals surface area contributed by atoms with E-state index >= 15 is 0 Å². The third-order valence-corrected chi connectivity index (χ3v) is 2.89. The Bertz CT molecular complexity index is 684. The van der Waals surface area contributed by atoms with Crippen molar-refractivity contribution in [2.75, 3.05) is 10.6 Å². The maximum absolute atomic E-state index is 14.0. The van der Waals surface area contributed by atoms with E-state index in [1.54, 1.807) is 0 Å². The molecule has 0 aliphatic heterocycles. The van der Waals surface area contributed by atoms with Crippen LogP contribution in [0.2, 0.25) is 0 Å². The summed E-state index contributed by atoms with van der Waals surface area (Å²) in [5, 5.41) is 15.2. The monoisotopic (exact) mass is 298 g/mol. The molecule has 1 heterocycles. The molecular formula is C17H19FN4. The van der Waals surface area contributed by atoms with E-state index in [0.717, 1.165) is 5.56 Å². The molecule has 0 atom stereocenters. The summed E-state index contributed by atoms with van der Waals surface area (Å²) in [5.74, 6) is -0.0155. The normalized spacial score (nSPS) is 10.9. The molecule has 22 heavy (non-hydrogen) atoms. The minimum Gasteiger partial charge on any atom is -0.365 e. The van der Waals surface area contributed by atoms with Gasteiger partial charge in [0, 0.05) is 12.1 Å². The first-order valence-corrected chi connectivity index (χ1v) is 7.05. The number of rotatable bonds is 4. The minimum atomic E-state index is -0.531. The Kier molecular flexibility index (Phi) is 4.62. The van der Waals surface area contributed by atoms with Gasteiger partial charge in [-0.1, -0.05) is 30.3 Å².